The van der Waals surface area contributed by atoms with E-state index in [0.29, 0.717) is 30.2 Å². The number of nitrogens with zero attached hydrogens (tertiary/aromatic N) is 1. The highest BCUT2D eigenvalue weighted by Crippen LogP contribution is 2.32. The van der Waals surface area contributed by atoms with E-state index in [-0.39, 0.29) is 17.3 Å². The van der Waals surface area contributed by atoms with Crippen molar-refractivity contribution in [2.24, 2.45) is 0 Å². The largest absolute Gasteiger partial charge is 0.454 e. The van der Waals surface area contributed by atoms with Gasteiger partial charge in [0.05, 0.1) is 10.5 Å². The molecular formula is C20H19NO7S. The molecule has 8 nitrogen and oxygen atoms in total. The summed E-state index contributed by atoms with van der Waals surface area (Å²) in [5.74, 6) is -0.161. The van der Waals surface area contributed by atoms with Gasteiger partial charge in [0, 0.05) is 18.7 Å². The molecule has 152 valence electrons. The van der Waals surface area contributed by atoms with Gasteiger partial charge in [0.25, 0.3) is 0 Å². The average Bonchev–Trinajstić information content (AvgIpc) is 3.43. The molecule has 2 aromatic carbocycles. The zero-order chi connectivity index (χ0) is 20.4. The van der Waals surface area contributed by atoms with Crippen LogP contribution in [0.3, 0.4) is 0 Å². The fourth-order valence-electron chi connectivity index (χ4n) is 3.23. The Morgan fingerprint density at radius 2 is 1.72 bits per heavy atom. The van der Waals surface area contributed by atoms with Crippen LogP contribution in [0.5, 0.6) is 11.5 Å². The Morgan fingerprint density at radius 1 is 0.966 bits per heavy atom. The highest BCUT2D eigenvalue weighted by atomic mass is 32.2. The number of hydrogen-bond acceptors (Lipinski definition) is 7. The van der Waals surface area contributed by atoms with Gasteiger partial charge in [0.2, 0.25) is 16.8 Å². The first kappa shape index (κ1) is 19.4. The Morgan fingerprint density at radius 3 is 2.52 bits per heavy atom. The van der Waals surface area contributed by atoms with Gasteiger partial charge >= 0.3 is 5.97 Å². The van der Waals surface area contributed by atoms with E-state index in [1.54, 1.807) is 12.1 Å². The molecule has 0 N–H and O–H groups in total. The summed E-state index contributed by atoms with van der Waals surface area (Å²) >= 11 is 0. The monoisotopic (exact) mass is 417 g/mol. The molecule has 0 bridgehead atoms. The second-order valence-electron chi connectivity index (χ2n) is 6.71. The van der Waals surface area contributed by atoms with Crippen molar-refractivity contribution in [2.75, 3.05) is 26.5 Å². The molecule has 0 aliphatic carbocycles. The van der Waals surface area contributed by atoms with Crippen molar-refractivity contribution in [3.05, 3.63) is 53.6 Å². The standard InChI is InChI=1S/C20H19NO7S/c22-17(14-6-7-18-19(11-14)28-13-27-18)12-26-20(23)15-4-3-5-16(10-15)29(24,25)21-8-1-2-9-21/h3-7,10-11H,1-2,8-9,12-13H2. The molecule has 29 heavy (non-hydrogen) atoms. The zero-order valence-electron chi connectivity index (χ0n) is 15.5. The molecule has 9 heteroatoms. The Kier molecular flexibility index (Phi) is 5.25. The van der Waals surface area contributed by atoms with Gasteiger partial charge in [-0.3, -0.25) is 4.79 Å². The summed E-state index contributed by atoms with van der Waals surface area (Å²) in [7, 11) is -3.64. The number of benzene rings is 2. The number of hydrogen-bond donors (Lipinski definition) is 0. The van der Waals surface area contributed by atoms with Crippen LogP contribution in [0.1, 0.15) is 33.6 Å². The molecule has 0 atom stereocenters. The first-order chi connectivity index (χ1) is 13.9. The van der Waals surface area contributed by atoms with E-state index >= 15 is 0 Å². The topological polar surface area (TPSA) is 99.2 Å². The lowest BCUT2D eigenvalue weighted by atomic mass is 10.1. The second kappa shape index (κ2) is 7.84. The van der Waals surface area contributed by atoms with E-state index in [4.69, 9.17) is 14.2 Å². The predicted octanol–water partition coefficient (Wildman–Crippen LogP) is 2.24. The molecule has 0 amide bonds. The number of rotatable bonds is 6. The summed E-state index contributed by atoms with van der Waals surface area (Å²) in [5.41, 5.74) is 0.399. The number of Topliss-reactive ketones (excluding diaryl/α,β-unsaturated/α-hetero) is 1. The van der Waals surface area contributed by atoms with E-state index < -0.39 is 28.4 Å². The Labute approximate surface area is 168 Å². The van der Waals surface area contributed by atoms with E-state index in [9.17, 15) is 18.0 Å². The van der Waals surface area contributed by atoms with Gasteiger partial charge in [0.1, 0.15) is 0 Å². The molecule has 2 aliphatic heterocycles. The van der Waals surface area contributed by atoms with E-state index in [1.807, 2.05) is 0 Å². The Balaban J connectivity index is 1.43. The van der Waals surface area contributed by atoms with Crippen LogP contribution < -0.4 is 9.47 Å². The molecule has 0 spiro atoms. The number of carbonyl (C=O) groups excluding carboxylic acids is 2. The Hall–Kier alpha value is -2.91. The minimum atomic E-state index is -3.64. The van der Waals surface area contributed by atoms with E-state index in [1.165, 1.54) is 34.6 Å². The summed E-state index contributed by atoms with van der Waals surface area (Å²) in [4.78, 5) is 24.7. The first-order valence-corrected chi connectivity index (χ1v) is 10.6. The molecule has 1 fully saturated rings. The van der Waals surface area contributed by atoms with Crippen molar-refractivity contribution in [1.82, 2.24) is 4.31 Å². The summed E-state index contributed by atoms with van der Waals surface area (Å²) in [5, 5.41) is 0. The van der Waals surface area contributed by atoms with Gasteiger partial charge in [-0.2, -0.15) is 4.31 Å². The molecule has 4 rings (SSSR count). The van der Waals surface area contributed by atoms with Gasteiger partial charge in [-0.15, -0.1) is 0 Å². The van der Waals surface area contributed by atoms with Gasteiger partial charge in [-0.05, 0) is 49.2 Å². The number of ether oxygens (including phenoxy) is 3. The highest BCUT2D eigenvalue weighted by Gasteiger charge is 2.28. The van der Waals surface area contributed by atoms with Crippen molar-refractivity contribution < 1.29 is 32.2 Å². The number of esters is 1. The maximum atomic E-state index is 12.7. The normalized spacial score (nSPS) is 16.0. The number of carbonyl (C=O) groups is 2. The fraction of sp³-hybridized carbons (Fsp3) is 0.300. The number of fused-ring (bicyclic) bond motifs is 1. The molecular weight excluding hydrogens is 398 g/mol. The maximum absolute atomic E-state index is 12.7. The van der Waals surface area contributed by atoms with Crippen molar-refractivity contribution in [1.29, 1.82) is 0 Å². The third kappa shape index (κ3) is 3.96. The molecule has 0 radical (unpaired) electrons. The van der Waals surface area contributed by atoms with Gasteiger partial charge in [0.15, 0.2) is 23.9 Å². The summed E-state index contributed by atoms with van der Waals surface area (Å²) < 4.78 is 42.2. The van der Waals surface area contributed by atoms with Crippen molar-refractivity contribution in [3.8, 4) is 11.5 Å². The third-order valence-corrected chi connectivity index (χ3v) is 6.70. The average molecular weight is 417 g/mol. The van der Waals surface area contributed by atoms with Crippen molar-refractivity contribution in [3.63, 3.8) is 0 Å². The third-order valence-electron chi connectivity index (χ3n) is 4.80. The van der Waals surface area contributed by atoms with Crippen LogP contribution in [0.15, 0.2) is 47.4 Å². The van der Waals surface area contributed by atoms with Gasteiger partial charge in [-0.25, -0.2) is 13.2 Å². The van der Waals surface area contributed by atoms with Crippen LogP contribution >= 0.6 is 0 Å². The summed E-state index contributed by atoms with van der Waals surface area (Å²) in [6.45, 7) is 0.572. The first-order valence-electron chi connectivity index (χ1n) is 9.15. The fourth-order valence-corrected chi connectivity index (χ4v) is 4.79. The zero-order valence-corrected chi connectivity index (χ0v) is 16.3. The quantitative estimate of drug-likeness (QED) is 0.525. The molecule has 0 saturated carbocycles. The Bertz CT molecular complexity index is 1060. The van der Waals surface area contributed by atoms with Crippen molar-refractivity contribution in [2.45, 2.75) is 17.7 Å². The van der Waals surface area contributed by atoms with Crippen LogP contribution in [0.2, 0.25) is 0 Å². The SMILES string of the molecule is O=C(COC(=O)c1cccc(S(=O)(=O)N2CCCC2)c1)c1ccc2c(c1)OCO2. The van der Waals surface area contributed by atoms with Crippen LogP contribution in [-0.2, 0) is 14.8 Å². The predicted molar refractivity (Wildman–Crippen MR) is 102 cm³/mol. The van der Waals surface area contributed by atoms with Crippen LogP contribution in [0, 0.1) is 0 Å². The summed E-state index contributed by atoms with van der Waals surface area (Å²) in [6.07, 6.45) is 1.64. The smallest absolute Gasteiger partial charge is 0.338 e. The lowest BCUT2D eigenvalue weighted by Gasteiger charge is -2.15. The van der Waals surface area contributed by atoms with E-state index in [2.05, 4.69) is 0 Å². The van der Waals surface area contributed by atoms with Crippen LogP contribution in [0.4, 0.5) is 0 Å². The second-order valence-corrected chi connectivity index (χ2v) is 8.64. The van der Waals surface area contributed by atoms with Crippen LogP contribution in [0.25, 0.3) is 0 Å². The molecule has 2 aliphatic rings. The minimum Gasteiger partial charge on any atom is -0.454 e. The maximum Gasteiger partial charge on any atom is 0.338 e. The molecule has 0 aromatic heterocycles. The lowest BCUT2D eigenvalue weighted by Crippen LogP contribution is -2.28. The van der Waals surface area contributed by atoms with Gasteiger partial charge in [-0.1, -0.05) is 6.07 Å². The van der Waals surface area contributed by atoms with E-state index in [0.717, 1.165) is 12.8 Å². The number of ketones is 1. The minimum absolute atomic E-state index is 0.0379. The highest BCUT2D eigenvalue weighted by molar-refractivity contribution is 7.89. The molecule has 2 heterocycles. The molecule has 2 aromatic rings. The summed E-state index contributed by atoms with van der Waals surface area (Å²) in [6, 6.07) is 10.4. The van der Waals surface area contributed by atoms with Gasteiger partial charge < -0.3 is 14.2 Å². The van der Waals surface area contributed by atoms with Crippen molar-refractivity contribution >= 4 is 21.8 Å². The molecule has 1 saturated heterocycles. The number of sulfonamides is 1. The van der Waals surface area contributed by atoms with Crippen LogP contribution in [-0.4, -0.2) is 51.0 Å². The molecule has 0 unspecified atom stereocenters. The lowest BCUT2D eigenvalue weighted by molar-refractivity contribution is 0.0474.